The van der Waals surface area contributed by atoms with Crippen LogP contribution in [0, 0.1) is 18.7 Å². The third-order valence-electron chi connectivity index (χ3n) is 4.12. The highest BCUT2D eigenvalue weighted by molar-refractivity contribution is 5.25. The van der Waals surface area contributed by atoms with Gasteiger partial charge in [-0.2, -0.15) is 0 Å². The Hall–Kier alpha value is -0.890. The molecular weight excluding hydrogens is 225 g/mol. The fourth-order valence-electron chi connectivity index (χ4n) is 2.91. The van der Waals surface area contributed by atoms with E-state index in [4.69, 9.17) is 0 Å². The van der Waals surface area contributed by atoms with E-state index in [1.165, 1.54) is 25.7 Å². The summed E-state index contributed by atoms with van der Waals surface area (Å²) in [6, 6.07) is 6.39. The van der Waals surface area contributed by atoms with E-state index in [2.05, 4.69) is 19.2 Å². The van der Waals surface area contributed by atoms with Crippen LogP contribution >= 0.6 is 0 Å². The van der Waals surface area contributed by atoms with Crippen LogP contribution in [0.5, 0.6) is 0 Å². The van der Waals surface area contributed by atoms with E-state index in [1.807, 2.05) is 12.1 Å². The first kappa shape index (κ1) is 13.5. The fourth-order valence-corrected chi connectivity index (χ4v) is 2.91. The molecule has 1 aliphatic carbocycles. The number of aryl methyl sites for hydroxylation is 1. The van der Waals surface area contributed by atoms with Gasteiger partial charge >= 0.3 is 0 Å². The molecule has 1 saturated carbocycles. The first-order valence-electron chi connectivity index (χ1n) is 7.08. The van der Waals surface area contributed by atoms with Gasteiger partial charge in [0.25, 0.3) is 0 Å². The zero-order valence-corrected chi connectivity index (χ0v) is 11.7. The topological polar surface area (TPSA) is 12.0 Å². The van der Waals surface area contributed by atoms with Crippen molar-refractivity contribution in [3.05, 3.63) is 35.1 Å². The molecule has 2 rings (SSSR count). The van der Waals surface area contributed by atoms with Crippen LogP contribution in [0.4, 0.5) is 4.39 Å². The molecular formula is C16H24FN. The summed E-state index contributed by atoms with van der Waals surface area (Å²) < 4.78 is 13.6. The van der Waals surface area contributed by atoms with Crippen molar-refractivity contribution in [2.75, 3.05) is 0 Å². The average Bonchev–Trinajstić information content (AvgIpc) is 2.32. The molecule has 1 nitrogen and oxygen atoms in total. The molecule has 1 aromatic carbocycles. The summed E-state index contributed by atoms with van der Waals surface area (Å²) in [6.07, 6.45) is 5.17. The molecule has 100 valence electrons. The summed E-state index contributed by atoms with van der Waals surface area (Å²) in [5.74, 6) is 0.719. The smallest absolute Gasteiger partial charge is 0.126 e. The third-order valence-corrected chi connectivity index (χ3v) is 4.12. The molecule has 1 aliphatic rings. The SMILES string of the molecule is Cc1ccc(C(C)NC2CCCC(C)C2)cc1F. The lowest BCUT2D eigenvalue weighted by molar-refractivity contribution is 0.285. The molecule has 18 heavy (non-hydrogen) atoms. The molecule has 2 heteroatoms. The summed E-state index contributed by atoms with van der Waals surface area (Å²) >= 11 is 0. The number of nitrogens with one attached hydrogen (secondary N) is 1. The van der Waals surface area contributed by atoms with Gasteiger partial charge in [0.2, 0.25) is 0 Å². The Morgan fingerprint density at radius 1 is 1.33 bits per heavy atom. The van der Waals surface area contributed by atoms with E-state index < -0.39 is 0 Å². The number of halogens is 1. The van der Waals surface area contributed by atoms with Crippen molar-refractivity contribution in [2.45, 2.75) is 58.5 Å². The average molecular weight is 249 g/mol. The first-order valence-corrected chi connectivity index (χ1v) is 7.08. The van der Waals surface area contributed by atoms with Crippen molar-refractivity contribution >= 4 is 0 Å². The highest BCUT2D eigenvalue weighted by Gasteiger charge is 2.20. The maximum Gasteiger partial charge on any atom is 0.126 e. The lowest BCUT2D eigenvalue weighted by Gasteiger charge is -2.30. The van der Waals surface area contributed by atoms with Crippen LogP contribution < -0.4 is 5.32 Å². The summed E-state index contributed by atoms with van der Waals surface area (Å²) in [5.41, 5.74) is 1.77. The van der Waals surface area contributed by atoms with Crippen LogP contribution in [0.3, 0.4) is 0 Å². The predicted octanol–water partition coefficient (Wildman–Crippen LogP) is 4.36. The molecule has 1 aromatic rings. The summed E-state index contributed by atoms with van der Waals surface area (Å²) in [6.45, 7) is 6.26. The highest BCUT2D eigenvalue weighted by Crippen LogP contribution is 2.26. The van der Waals surface area contributed by atoms with Crippen molar-refractivity contribution in [1.82, 2.24) is 5.32 Å². The van der Waals surface area contributed by atoms with Crippen molar-refractivity contribution in [3.8, 4) is 0 Å². The lowest BCUT2D eigenvalue weighted by atomic mass is 9.86. The molecule has 0 saturated heterocycles. The van der Waals surface area contributed by atoms with Crippen molar-refractivity contribution in [2.24, 2.45) is 5.92 Å². The van der Waals surface area contributed by atoms with E-state index in [0.717, 1.165) is 17.0 Å². The Balaban J connectivity index is 1.98. The molecule has 0 spiro atoms. The fraction of sp³-hybridized carbons (Fsp3) is 0.625. The molecule has 3 unspecified atom stereocenters. The Labute approximate surface area is 110 Å². The molecule has 0 heterocycles. The van der Waals surface area contributed by atoms with Crippen LogP contribution in [-0.2, 0) is 0 Å². The molecule has 1 fully saturated rings. The quantitative estimate of drug-likeness (QED) is 0.839. The minimum Gasteiger partial charge on any atom is -0.307 e. The second-order valence-corrected chi connectivity index (χ2v) is 5.87. The third kappa shape index (κ3) is 3.32. The van der Waals surface area contributed by atoms with E-state index >= 15 is 0 Å². The van der Waals surface area contributed by atoms with Gasteiger partial charge < -0.3 is 5.32 Å². The standard InChI is InChI=1S/C16H24FN/c1-11-5-4-6-15(9-11)18-13(3)14-8-7-12(2)16(17)10-14/h7-8,10-11,13,15,18H,4-6,9H2,1-3H3. The molecule has 0 amide bonds. The first-order chi connectivity index (χ1) is 8.56. The van der Waals surface area contributed by atoms with Gasteiger partial charge in [0.05, 0.1) is 0 Å². The van der Waals surface area contributed by atoms with E-state index in [1.54, 1.807) is 13.0 Å². The van der Waals surface area contributed by atoms with Gasteiger partial charge in [-0.25, -0.2) is 4.39 Å². The zero-order valence-electron chi connectivity index (χ0n) is 11.7. The molecule has 1 N–H and O–H groups in total. The number of benzene rings is 1. The summed E-state index contributed by atoms with van der Waals surface area (Å²) in [5, 5.41) is 3.65. The van der Waals surface area contributed by atoms with Crippen LogP contribution in [0.15, 0.2) is 18.2 Å². The summed E-state index contributed by atoms with van der Waals surface area (Å²) in [7, 11) is 0. The number of hydrogen-bond acceptors (Lipinski definition) is 1. The van der Waals surface area contributed by atoms with Gasteiger partial charge in [-0.15, -0.1) is 0 Å². The van der Waals surface area contributed by atoms with Crippen molar-refractivity contribution in [1.29, 1.82) is 0 Å². The van der Waals surface area contributed by atoms with E-state index in [0.29, 0.717) is 6.04 Å². The lowest BCUT2D eigenvalue weighted by Crippen LogP contribution is -2.35. The van der Waals surface area contributed by atoms with Crippen LogP contribution in [0.2, 0.25) is 0 Å². The molecule has 3 atom stereocenters. The largest absolute Gasteiger partial charge is 0.307 e. The zero-order chi connectivity index (χ0) is 13.1. The molecule has 0 aromatic heterocycles. The maximum atomic E-state index is 13.6. The monoisotopic (exact) mass is 249 g/mol. The van der Waals surface area contributed by atoms with Crippen molar-refractivity contribution in [3.63, 3.8) is 0 Å². The Morgan fingerprint density at radius 3 is 2.78 bits per heavy atom. The van der Waals surface area contributed by atoms with Gasteiger partial charge in [-0.05, 0) is 49.8 Å². The van der Waals surface area contributed by atoms with Crippen LogP contribution in [0.25, 0.3) is 0 Å². The van der Waals surface area contributed by atoms with Crippen LogP contribution in [0.1, 0.15) is 56.7 Å². The van der Waals surface area contributed by atoms with Gasteiger partial charge in [0, 0.05) is 12.1 Å². The van der Waals surface area contributed by atoms with Gasteiger partial charge in [-0.1, -0.05) is 31.9 Å². The maximum absolute atomic E-state index is 13.6. The van der Waals surface area contributed by atoms with E-state index in [9.17, 15) is 4.39 Å². The Kier molecular flexibility index (Phi) is 4.39. The second kappa shape index (κ2) is 5.83. The predicted molar refractivity (Wildman–Crippen MR) is 74.1 cm³/mol. The van der Waals surface area contributed by atoms with Crippen LogP contribution in [-0.4, -0.2) is 6.04 Å². The molecule has 0 bridgehead atoms. The number of rotatable bonds is 3. The van der Waals surface area contributed by atoms with Gasteiger partial charge in [0.1, 0.15) is 5.82 Å². The minimum atomic E-state index is -0.0989. The molecule has 0 aliphatic heterocycles. The summed E-state index contributed by atoms with van der Waals surface area (Å²) in [4.78, 5) is 0. The minimum absolute atomic E-state index is 0.0989. The Morgan fingerprint density at radius 2 is 2.11 bits per heavy atom. The normalized spacial score (nSPS) is 26.0. The molecule has 0 radical (unpaired) electrons. The van der Waals surface area contributed by atoms with Gasteiger partial charge in [-0.3, -0.25) is 0 Å². The van der Waals surface area contributed by atoms with E-state index in [-0.39, 0.29) is 11.9 Å². The van der Waals surface area contributed by atoms with Gasteiger partial charge in [0.15, 0.2) is 0 Å². The Bertz CT molecular complexity index is 402. The highest BCUT2D eigenvalue weighted by atomic mass is 19.1. The number of hydrogen-bond donors (Lipinski definition) is 1. The second-order valence-electron chi connectivity index (χ2n) is 5.87. The van der Waals surface area contributed by atoms with Crippen molar-refractivity contribution < 1.29 is 4.39 Å².